The standard InChI is InChI=1S/C11H10N4S/c1-7-9(6-12)11(16-15-7)14-10-4-3-5-13-8(10)2/h3-5,14H,1-2H3. The normalized spacial score (nSPS) is 9.81. The number of nitrogens with one attached hydrogen (secondary N) is 1. The summed E-state index contributed by atoms with van der Waals surface area (Å²) in [6.07, 6.45) is 1.74. The molecule has 0 aliphatic heterocycles. The molecule has 1 N–H and O–H groups in total. The van der Waals surface area contributed by atoms with E-state index in [-0.39, 0.29) is 0 Å². The zero-order valence-electron chi connectivity index (χ0n) is 8.98. The van der Waals surface area contributed by atoms with E-state index in [9.17, 15) is 0 Å². The Balaban J connectivity index is 2.35. The fourth-order valence-electron chi connectivity index (χ4n) is 1.33. The molecule has 2 aromatic heterocycles. The van der Waals surface area contributed by atoms with Crippen LogP contribution in [0.5, 0.6) is 0 Å². The van der Waals surface area contributed by atoms with Crippen molar-refractivity contribution in [2.75, 3.05) is 5.32 Å². The average Bonchev–Trinajstić information content (AvgIpc) is 2.63. The molecule has 5 heteroatoms. The van der Waals surface area contributed by atoms with Gasteiger partial charge in [-0.3, -0.25) is 4.98 Å². The largest absolute Gasteiger partial charge is 0.343 e. The van der Waals surface area contributed by atoms with Gasteiger partial charge in [-0.2, -0.15) is 9.64 Å². The van der Waals surface area contributed by atoms with Crippen LogP contribution in [0, 0.1) is 25.2 Å². The van der Waals surface area contributed by atoms with Gasteiger partial charge in [-0.05, 0) is 37.5 Å². The van der Waals surface area contributed by atoms with Gasteiger partial charge in [-0.15, -0.1) is 0 Å². The van der Waals surface area contributed by atoms with Crippen molar-refractivity contribution in [2.45, 2.75) is 13.8 Å². The molecule has 0 fully saturated rings. The maximum Gasteiger partial charge on any atom is 0.132 e. The first-order valence-electron chi connectivity index (χ1n) is 4.77. The second-order valence-corrected chi connectivity index (χ2v) is 4.12. The van der Waals surface area contributed by atoms with Gasteiger partial charge >= 0.3 is 0 Å². The third-order valence-corrected chi connectivity index (χ3v) is 3.08. The Labute approximate surface area is 97.7 Å². The molecule has 80 valence electrons. The second-order valence-electron chi connectivity index (χ2n) is 3.35. The van der Waals surface area contributed by atoms with Crippen LogP contribution in [0.4, 0.5) is 10.7 Å². The lowest BCUT2D eigenvalue weighted by molar-refractivity contribution is 1.20. The molecule has 0 saturated heterocycles. The van der Waals surface area contributed by atoms with E-state index in [0.717, 1.165) is 22.1 Å². The van der Waals surface area contributed by atoms with E-state index in [2.05, 4.69) is 20.7 Å². The quantitative estimate of drug-likeness (QED) is 0.861. The zero-order valence-corrected chi connectivity index (χ0v) is 9.80. The smallest absolute Gasteiger partial charge is 0.132 e. The van der Waals surface area contributed by atoms with E-state index < -0.39 is 0 Å². The van der Waals surface area contributed by atoms with Crippen LogP contribution in [0.2, 0.25) is 0 Å². The maximum absolute atomic E-state index is 9.00. The highest BCUT2D eigenvalue weighted by atomic mass is 32.1. The molecule has 0 radical (unpaired) electrons. The third kappa shape index (κ3) is 1.88. The molecule has 2 aromatic rings. The van der Waals surface area contributed by atoms with Gasteiger partial charge in [0.1, 0.15) is 16.6 Å². The second kappa shape index (κ2) is 4.29. The number of hydrogen-bond acceptors (Lipinski definition) is 5. The number of nitriles is 1. The SMILES string of the molecule is Cc1ncccc1Nc1snc(C)c1C#N. The molecule has 2 heterocycles. The highest BCUT2D eigenvalue weighted by Gasteiger charge is 2.10. The van der Waals surface area contributed by atoms with Gasteiger partial charge in [0.2, 0.25) is 0 Å². The van der Waals surface area contributed by atoms with E-state index in [1.165, 1.54) is 11.5 Å². The minimum absolute atomic E-state index is 0.605. The maximum atomic E-state index is 9.00. The van der Waals surface area contributed by atoms with Crippen LogP contribution in [-0.4, -0.2) is 9.36 Å². The Morgan fingerprint density at radius 2 is 2.19 bits per heavy atom. The van der Waals surface area contributed by atoms with Gasteiger partial charge < -0.3 is 5.32 Å². The summed E-state index contributed by atoms with van der Waals surface area (Å²) < 4.78 is 4.15. The number of anilines is 2. The van der Waals surface area contributed by atoms with E-state index in [1.54, 1.807) is 6.20 Å². The summed E-state index contributed by atoms with van der Waals surface area (Å²) in [6, 6.07) is 5.93. The Morgan fingerprint density at radius 3 is 2.88 bits per heavy atom. The zero-order chi connectivity index (χ0) is 11.5. The summed E-state index contributed by atoms with van der Waals surface area (Å²) in [4.78, 5) is 4.18. The predicted molar refractivity (Wildman–Crippen MR) is 63.8 cm³/mol. The monoisotopic (exact) mass is 230 g/mol. The van der Waals surface area contributed by atoms with E-state index in [0.29, 0.717) is 5.56 Å². The van der Waals surface area contributed by atoms with Crippen molar-refractivity contribution >= 4 is 22.2 Å². The molecule has 2 rings (SSSR count). The van der Waals surface area contributed by atoms with Crippen molar-refractivity contribution in [1.29, 1.82) is 5.26 Å². The molecule has 0 saturated carbocycles. The summed E-state index contributed by atoms with van der Waals surface area (Å²) in [5.41, 5.74) is 3.17. The fraction of sp³-hybridized carbons (Fsp3) is 0.182. The Bertz CT molecular complexity index is 553. The van der Waals surface area contributed by atoms with Crippen LogP contribution < -0.4 is 5.32 Å². The van der Waals surface area contributed by atoms with Crippen LogP contribution in [0.25, 0.3) is 0 Å². The molecule has 0 spiro atoms. The first-order valence-corrected chi connectivity index (χ1v) is 5.54. The Morgan fingerprint density at radius 1 is 1.38 bits per heavy atom. The van der Waals surface area contributed by atoms with Crippen molar-refractivity contribution < 1.29 is 0 Å². The number of hydrogen-bond donors (Lipinski definition) is 1. The molecule has 0 atom stereocenters. The average molecular weight is 230 g/mol. The molecule has 0 unspecified atom stereocenters. The van der Waals surface area contributed by atoms with Crippen LogP contribution in [0.1, 0.15) is 17.0 Å². The van der Waals surface area contributed by atoms with Gasteiger partial charge in [0, 0.05) is 6.20 Å². The minimum Gasteiger partial charge on any atom is -0.343 e. The molecule has 0 amide bonds. The van der Waals surface area contributed by atoms with Gasteiger partial charge in [-0.1, -0.05) is 0 Å². The molecular weight excluding hydrogens is 220 g/mol. The number of rotatable bonds is 2. The highest BCUT2D eigenvalue weighted by Crippen LogP contribution is 2.27. The van der Waals surface area contributed by atoms with E-state index >= 15 is 0 Å². The van der Waals surface area contributed by atoms with Crippen molar-refractivity contribution in [3.63, 3.8) is 0 Å². The molecule has 16 heavy (non-hydrogen) atoms. The topological polar surface area (TPSA) is 61.6 Å². The summed E-state index contributed by atoms with van der Waals surface area (Å²) in [5, 5.41) is 13.0. The van der Waals surface area contributed by atoms with Crippen LogP contribution in [0.3, 0.4) is 0 Å². The number of aryl methyl sites for hydroxylation is 2. The molecule has 0 aliphatic rings. The summed E-state index contributed by atoms with van der Waals surface area (Å²) >= 11 is 1.29. The van der Waals surface area contributed by atoms with Gasteiger partial charge in [0.05, 0.1) is 17.1 Å². The predicted octanol–water partition coefficient (Wildman–Crippen LogP) is 2.77. The Kier molecular flexibility index (Phi) is 2.84. The molecule has 0 bridgehead atoms. The summed E-state index contributed by atoms with van der Waals surface area (Å²) in [5.74, 6) is 0. The number of nitrogens with zero attached hydrogens (tertiary/aromatic N) is 3. The van der Waals surface area contributed by atoms with Crippen LogP contribution >= 0.6 is 11.5 Å². The third-order valence-electron chi connectivity index (χ3n) is 2.23. The summed E-state index contributed by atoms with van der Waals surface area (Å²) in [7, 11) is 0. The van der Waals surface area contributed by atoms with Gasteiger partial charge in [-0.25, -0.2) is 0 Å². The van der Waals surface area contributed by atoms with E-state index in [4.69, 9.17) is 5.26 Å². The lowest BCUT2D eigenvalue weighted by Gasteiger charge is -2.05. The van der Waals surface area contributed by atoms with Crippen molar-refractivity contribution in [1.82, 2.24) is 9.36 Å². The first-order chi connectivity index (χ1) is 7.72. The number of pyridine rings is 1. The number of aromatic nitrogens is 2. The van der Waals surface area contributed by atoms with Crippen LogP contribution in [0.15, 0.2) is 18.3 Å². The van der Waals surface area contributed by atoms with E-state index in [1.807, 2.05) is 26.0 Å². The minimum atomic E-state index is 0.605. The van der Waals surface area contributed by atoms with Gasteiger partial charge in [0.15, 0.2) is 0 Å². The molecule has 4 nitrogen and oxygen atoms in total. The molecular formula is C11H10N4S. The van der Waals surface area contributed by atoms with Crippen molar-refractivity contribution in [3.8, 4) is 6.07 Å². The first kappa shape index (κ1) is 10.6. The lowest BCUT2D eigenvalue weighted by atomic mass is 10.2. The molecule has 0 aliphatic carbocycles. The lowest BCUT2D eigenvalue weighted by Crippen LogP contribution is -1.94. The fourth-order valence-corrected chi connectivity index (χ4v) is 2.09. The van der Waals surface area contributed by atoms with Gasteiger partial charge in [0.25, 0.3) is 0 Å². The van der Waals surface area contributed by atoms with Crippen molar-refractivity contribution in [2.24, 2.45) is 0 Å². The van der Waals surface area contributed by atoms with Crippen molar-refractivity contribution in [3.05, 3.63) is 35.3 Å². The highest BCUT2D eigenvalue weighted by molar-refractivity contribution is 7.10. The summed E-state index contributed by atoms with van der Waals surface area (Å²) in [6.45, 7) is 3.75. The Hall–Kier alpha value is -1.93. The van der Waals surface area contributed by atoms with Crippen LogP contribution in [-0.2, 0) is 0 Å². The molecule has 0 aromatic carbocycles.